The Kier molecular flexibility index (Phi) is 6.07. The molecule has 0 aliphatic carbocycles. The summed E-state index contributed by atoms with van der Waals surface area (Å²) in [7, 11) is 0. The summed E-state index contributed by atoms with van der Waals surface area (Å²) in [5, 5.41) is 10.3. The van der Waals surface area contributed by atoms with E-state index >= 15 is 0 Å². The summed E-state index contributed by atoms with van der Waals surface area (Å²) in [6.45, 7) is 1.29. The highest BCUT2D eigenvalue weighted by atomic mass is 19.4. The summed E-state index contributed by atoms with van der Waals surface area (Å²) in [6.07, 6.45) is -5.90. The number of imidazole rings is 1. The second kappa shape index (κ2) is 8.52. The molecule has 154 valence electrons. The van der Waals surface area contributed by atoms with Crippen LogP contribution in [-0.2, 0) is 17.5 Å². The van der Waals surface area contributed by atoms with Crippen LogP contribution in [0.25, 0.3) is 11.0 Å². The second-order valence-electron chi connectivity index (χ2n) is 6.25. The first-order valence-electron chi connectivity index (χ1n) is 8.90. The lowest BCUT2D eigenvalue weighted by Gasteiger charge is -2.16. The predicted octanol–water partition coefficient (Wildman–Crippen LogP) is 3.67. The van der Waals surface area contributed by atoms with Gasteiger partial charge in [-0.2, -0.15) is 13.2 Å². The lowest BCUT2D eigenvalue weighted by Crippen LogP contribution is -2.26. The number of hydrogen-bond donors (Lipinski definition) is 1. The average Bonchev–Trinajstić information content (AvgIpc) is 3.06. The van der Waals surface area contributed by atoms with E-state index in [1.807, 2.05) is 0 Å². The largest absolute Gasteiger partial charge is 0.491 e. The van der Waals surface area contributed by atoms with E-state index in [9.17, 15) is 23.1 Å². The fourth-order valence-corrected chi connectivity index (χ4v) is 2.86. The molecular weight excluding hydrogens is 389 g/mol. The number of para-hydroxylation sites is 2. The minimum atomic E-state index is -4.66. The predicted molar refractivity (Wildman–Crippen MR) is 98.6 cm³/mol. The first-order chi connectivity index (χ1) is 13.8. The van der Waals surface area contributed by atoms with Crippen molar-refractivity contribution >= 4 is 17.0 Å². The van der Waals surface area contributed by atoms with Gasteiger partial charge in [-0.15, -0.1) is 0 Å². The molecule has 29 heavy (non-hydrogen) atoms. The zero-order valence-electron chi connectivity index (χ0n) is 15.5. The van der Waals surface area contributed by atoms with Gasteiger partial charge in [0.25, 0.3) is 0 Å². The zero-order chi connectivity index (χ0) is 21.0. The molecular formula is C20H19F3N2O4. The number of halogens is 3. The topological polar surface area (TPSA) is 73.6 Å². The maximum Gasteiger partial charge on any atom is 0.449 e. The molecule has 0 saturated heterocycles. The fraction of sp³-hybridized carbons (Fsp3) is 0.300. The molecule has 0 aliphatic rings. The van der Waals surface area contributed by atoms with E-state index in [0.29, 0.717) is 5.75 Å². The highest BCUT2D eigenvalue weighted by Crippen LogP contribution is 2.31. The summed E-state index contributed by atoms with van der Waals surface area (Å²) >= 11 is 0. The number of benzene rings is 2. The molecule has 1 atom stereocenters. The molecule has 3 aromatic rings. The number of ether oxygens (including phenoxy) is 2. The van der Waals surface area contributed by atoms with E-state index in [1.165, 1.54) is 18.2 Å². The van der Waals surface area contributed by atoms with Crippen molar-refractivity contribution in [1.29, 1.82) is 0 Å². The molecule has 0 bridgehead atoms. The summed E-state index contributed by atoms with van der Waals surface area (Å²) in [5.74, 6) is -1.30. The van der Waals surface area contributed by atoms with Gasteiger partial charge in [0.1, 0.15) is 18.5 Å². The van der Waals surface area contributed by atoms with Crippen molar-refractivity contribution in [2.75, 3.05) is 13.2 Å². The number of aromatic nitrogens is 2. The van der Waals surface area contributed by atoms with E-state index < -0.39 is 24.1 Å². The van der Waals surface area contributed by atoms with Gasteiger partial charge in [-0.3, -0.25) is 0 Å². The summed E-state index contributed by atoms with van der Waals surface area (Å²) in [5.41, 5.74) is 0.733. The Hall–Kier alpha value is -3.07. The quantitative estimate of drug-likeness (QED) is 0.604. The normalized spacial score (nSPS) is 12.7. The van der Waals surface area contributed by atoms with Gasteiger partial charge in [0, 0.05) is 0 Å². The highest BCUT2D eigenvalue weighted by Gasteiger charge is 2.37. The third kappa shape index (κ3) is 4.86. The van der Waals surface area contributed by atoms with Gasteiger partial charge in [-0.1, -0.05) is 18.2 Å². The number of fused-ring (bicyclic) bond motifs is 1. The molecule has 0 aliphatic heterocycles. The van der Waals surface area contributed by atoms with Crippen molar-refractivity contribution in [2.24, 2.45) is 0 Å². The Labute approximate surface area is 164 Å². The van der Waals surface area contributed by atoms with Crippen molar-refractivity contribution in [3.8, 4) is 5.75 Å². The van der Waals surface area contributed by atoms with Gasteiger partial charge >= 0.3 is 12.1 Å². The smallest absolute Gasteiger partial charge is 0.449 e. The standard InChI is InChI=1S/C20H19F3N2O4/c1-2-28-18(27)13-6-5-7-15(10-13)29-12-14(26)11-25-17-9-4-3-8-16(17)24-19(25)20(21,22)23/h3-10,14,26H,2,11-12H2,1H3/t14-/m0/s1. The number of hydrogen-bond acceptors (Lipinski definition) is 5. The van der Waals surface area contributed by atoms with Gasteiger partial charge in [0.2, 0.25) is 5.82 Å². The number of nitrogens with zero attached hydrogens (tertiary/aromatic N) is 2. The van der Waals surface area contributed by atoms with Gasteiger partial charge < -0.3 is 19.1 Å². The van der Waals surface area contributed by atoms with Crippen LogP contribution in [0.2, 0.25) is 0 Å². The van der Waals surface area contributed by atoms with E-state index in [2.05, 4.69) is 4.98 Å². The Morgan fingerprint density at radius 1 is 1.21 bits per heavy atom. The summed E-state index contributed by atoms with van der Waals surface area (Å²) in [4.78, 5) is 15.4. The molecule has 2 aromatic carbocycles. The van der Waals surface area contributed by atoms with Crippen LogP contribution in [0.5, 0.6) is 5.75 Å². The second-order valence-corrected chi connectivity index (χ2v) is 6.25. The minimum Gasteiger partial charge on any atom is -0.491 e. The Morgan fingerprint density at radius 3 is 2.69 bits per heavy atom. The van der Waals surface area contributed by atoms with Crippen LogP contribution in [0.1, 0.15) is 23.1 Å². The van der Waals surface area contributed by atoms with Crippen molar-refractivity contribution in [1.82, 2.24) is 9.55 Å². The van der Waals surface area contributed by atoms with Gasteiger partial charge in [0.15, 0.2) is 0 Å². The highest BCUT2D eigenvalue weighted by molar-refractivity contribution is 5.89. The molecule has 0 amide bonds. The molecule has 0 saturated carbocycles. The van der Waals surface area contributed by atoms with Gasteiger partial charge in [0.05, 0.1) is 29.7 Å². The van der Waals surface area contributed by atoms with Crippen molar-refractivity contribution in [3.05, 3.63) is 59.9 Å². The number of esters is 1. The van der Waals surface area contributed by atoms with E-state index in [4.69, 9.17) is 9.47 Å². The third-order valence-electron chi connectivity index (χ3n) is 4.09. The van der Waals surface area contributed by atoms with Crippen molar-refractivity contribution < 1.29 is 32.5 Å². The molecule has 1 N–H and O–H groups in total. The Morgan fingerprint density at radius 2 is 1.97 bits per heavy atom. The average molecular weight is 408 g/mol. The maximum absolute atomic E-state index is 13.3. The minimum absolute atomic E-state index is 0.190. The number of aliphatic hydroxyl groups is 1. The number of alkyl halides is 3. The molecule has 3 rings (SSSR count). The molecule has 9 heteroatoms. The molecule has 0 fully saturated rings. The number of rotatable bonds is 7. The van der Waals surface area contributed by atoms with Gasteiger partial charge in [-0.25, -0.2) is 9.78 Å². The van der Waals surface area contributed by atoms with E-state index in [-0.39, 0.29) is 36.4 Å². The van der Waals surface area contributed by atoms with E-state index in [1.54, 1.807) is 37.3 Å². The lowest BCUT2D eigenvalue weighted by atomic mass is 10.2. The molecule has 1 aromatic heterocycles. The first-order valence-corrected chi connectivity index (χ1v) is 8.90. The van der Waals surface area contributed by atoms with Crippen LogP contribution in [0.15, 0.2) is 48.5 Å². The Bertz CT molecular complexity index is 1000. The third-order valence-corrected chi connectivity index (χ3v) is 4.09. The van der Waals surface area contributed by atoms with Crippen LogP contribution >= 0.6 is 0 Å². The molecule has 0 unspecified atom stereocenters. The van der Waals surface area contributed by atoms with Crippen molar-refractivity contribution in [2.45, 2.75) is 25.7 Å². The molecule has 1 heterocycles. The fourth-order valence-electron chi connectivity index (χ4n) is 2.86. The first kappa shape index (κ1) is 20.7. The zero-order valence-corrected chi connectivity index (χ0v) is 15.5. The number of aliphatic hydroxyl groups excluding tert-OH is 1. The van der Waals surface area contributed by atoms with Crippen LogP contribution in [0.3, 0.4) is 0 Å². The van der Waals surface area contributed by atoms with Crippen molar-refractivity contribution in [3.63, 3.8) is 0 Å². The molecule has 6 nitrogen and oxygen atoms in total. The summed E-state index contributed by atoms with van der Waals surface area (Å²) in [6, 6.07) is 12.3. The van der Waals surface area contributed by atoms with Gasteiger partial charge in [-0.05, 0) is 37.3 Å². The SMILES string of the molecule is CCOC(=O)c1cccc(OC[C@@H](O)Cn2c(C(F)(F)F)nc3ccccc32)c1. The van der Waals surface area contributed by atoms with E-state index in [0.717, 1.165) is 4.57 Å². The van der Waals surface area contributed by atoms with Crippen LogP contribution in [-0.4, -0.2) is 39.9 Å². The van der Waals surface area contributed by atoms with Crippen LogP contribution in [0, 0.1) is 0 Å². The maximum atomic E-state index is 13.3. The molecule has 0 radical (unpaired) electrons. The van der Waals surface area contributed by atoms with Crippen LogP contribution in [0.4, 0.5) is 13.2 Å². The van der Waals surface area contributed by atoms with Crippen LogP contribution < -0.4 is 4.74 Å². The number of carbonyl (C=O) groups excluding carboxylic acids is 1. The summed E-state index contributed by atoms with van der Waals surface area (Å²) < 4.78 is 51.3. The number of carbonyl (C=O) groups is 1. The monoisotopic (exact) mass is 408 g/mol. The Balaban J connectivity index is 1.73. The lowest BCUT2D eigenvalue weighted by molar-refractivity contribution is -0.147. The molecule has 0 spiro atoms.